The van der Waals surface area contributed by atoms with E-state index in [1.54, 1.807) is 12.1 Å². The molecular weight excluding hydrogens is 294 g/mol. The van der Waals surface area contributed by atoms with E-state index in [2.05, 4.69) is 10.4 Å². The molecule has 23 heavy (non-hydrogen) atoms. The largest absolute Gasteiger partial charge is 0.494 e. The number of benzene rings is 1. The fourth-order valence-corrected chi connectivity index (χ4v) is 2.65. The molecule has 2 aromatic rings. The summed E-state index contributed by atoms with van der Waals surface area (Å²) < 4.78 is 12.7. The van der Waals surface area contributed by atoms with Crippen molar-refractivity contribution in [2.75, 3.05) is 19.8 Å². The van der Waals surface area contributed by atoms with Gasteiger partial charge in [0.2, 0.25) is 0 Å². The number of carbonyl (C=O) groups is 1. The van der Waals surface area contributed by atoms with Crippen molar-refractivity contribution < 1.29 is 14.3 Å². The van der Waals surface area contributed by atoms with Crippen LogP contribution in [-0.4, -0.2) is 35.4 Å². The molecule has 0 unspecified atom stereocenters. The highest BCUT2D eigenvalue weighted by molar-refractivity contribution is 5.94. The van der Waals surface area contributed by atoms with Crippen LogP contribution in [0.3, 0.4) is 0 Å². The van der Waals surface area contributed by atoms with E-state index in [9.17, 15) is 4.79 Å². The van der Waals surface area contributed by atoms with Crippen LogP contribution in [0, 0.1) is 0 Å². The third-order valence-electron chi connectivity index (χ3n) is 3.81. The van der Waals surface area contributed by atoms with Gasteiger partial charge >= 0.3 is 0 Å². The van der Waals surface area contributed by atoms with Gasteiger partial charge in [-0.05, 0) is 31.2 Å². The molecule has 1 aromatic carbocycles. The molecule has 122 valence electrons. The predicted molar refractivity (Wildman–Crippen MR) is 85.5 cm³/mol. The Morgan fingerprint density at radius 2 is 2.22 bits per heavy atom. The number of hydrogen-bond donors (Lipinski definition) is 1. The average Bonchev–Trinajstić information content (AvgIpc) is 2.99. The summed E-state index contributed by atoms with van der Waals surface area (Å²) in [7, 11) is 0. The molecule has 0 aliphatic carbocycles. The Balaban J connectivity index is 1.52. The average molecular weight is 315 g/mol. The number of ether oxygens (including phenoxy) is 2. The van der Waals surface area contributed by atoms with Crippen molar-refractivity contribution in [1.82, 2.24) is 15.1 Å². The molecule has 0 fully saturated rings. The van der Waals surface area contributed by atoms with E-state index in [1.165, 1.54) is 5.69 Å². The van der Waals surface area contributed by atoms with Crippen LogP contribution in [0.4, 0.5) is 0 Å². The van der Waals surface area contributed by atoms with Crippen LogP contribution < -0.4 is 10.1 Å². The van der Waals surface area contributed by atoms with Crippen LogP contribution in [0.15, 0.2) is 30.5 Å². The van der Waals surface area contributed by atoms with Crippen molar-refractivity contribution in [2.45, 2.75) is 26.5 Å². The summed E-state index contributed by atoms with van der Waals surface area (Å²) in [6.45, 7) is 5.12. The van der Waals surface area contributed by atoms with Gasteiger partial charge in [0.1, 0.15) is 5.75 Å². The van der Waals surface area contributed by atoms with Crippen LogP contribution >= 0.6 is 0 Å². The topological polar surface area (TPSA) is 65.4 Å². The highest BCUT2D eigenvalue weighted by Crippen LogP contribution is 2.16. The Morgan fingerprint density at radius 3 is 3.00 bits per heavy atom. The van der Waals surface area contributed by atoms with Crippen LogP contribution in [0.2, 0.25) is 0 Å². The molecule has 2 heterocycles. The van der Waals surface area contributed by atoms with Crippen LogP contribution in [-0.2, 0) is 24.3 Å². The molecule has 3 rings (SSSR count). The number of fused-ring (bicyclic) bond motifs is 1. The second kappa shape index (κ2) is 7.28. The smallest absolute Gasteiger partial charge is 0.251 e. The molecule has 6 heteroatoms. The molecule has 1 amide bonds. The Labute approximate surface area is 135 Å². The molecule has 0 saturated heterocycles. The summed E-state index contributed by atoms with van der Waals surface area (Å²) in [5, 5.41) is 7.29. The minimum Gasteiger partial charge on any atom is -0.494 e. The van der Waals surface area contributed by atoms with Gasteiger partial charge in [-0.1, -0.05) is 0 Å². The van der Waals surface area contributed by atoms with E-state index >= 15 is 0 Å². The van der Waals surface area contributed by atoms with E-state index in [1.807, 2.05) is 29.9 Å². The van der Waals surface area contributed by atoms with E-state index in [0.29, 0.717) is 31.9 Å². The summed E-state index contributed by atoms with van der Waals surface area (Å²) >= 11 is 0. The maximum Gasteiger partial charge on any atom is 0.251 e. The number of hydrogen-bond acceptors (Lipinski definition) is 4. The van der Waals surface area contributed by atoms with Gasteiger partial charge in [0.05, 0.1) is 32.6 Å². The standard InChI is InChI=1S/C17H21N3O3/c1-2-23-15-5-3-13(4-6-15)17(21)18-8-9-20-16-7-10-22-12-14(16)11-19-20/h3-6,11H,2,7-10,12H2,1H3,(H,18,21). The Hall–Kier alpha value is -2.34. The van der Waals surface area contributed by atoms with Gasteiger partial charge < -0.3 is 14.8 Å². The first-order valence-electron chi connectivity index (χ1n) is 7.90. The van der Waals surface area contributed by atoms with Gasteiger partial charge in [0.15, 0.2) is 0 Å². The molecular formula is C17H21N3O3. The lowest BCUT2D eigenvalue weighted by Crippen LogP contribution is -2.28. The molecule has 0 saturated carbocycles. The van der Waals surface area contributed by atoms with Crippen molar-refractivity contribution in [2.24, 2.45) is 0 Å². The molecule has 0 radical (unpaired) electrons. The zero-order valence-electron chi connectivity index (χ0n) is 13.2. The zero-order chi connectivity index (χ0) is 16.1. The van der Waals surface area contributed by atoms with E-state index in [-0.39, 0.29) is 5.91 Å². The van der Waals surface area contributed by atoms with Gasteiger partial charge in [-0.2, -0.15) is 5.10 Å². The molecule has 1 aromatic heterocycles. The van der Waals surface area contributed by atoms with E-state index < -0.39 is 0 Å². The SMILES string of the molecule is CCOc1ccc(C(=O)NCCn2ncc3c2CCOC3)cc1. The fourth-order valence-electron chi connectivity index (χ4n) is 2.65. The monoisotopic (exact) mass is 315 g/mol. The fraction of sp³-hybridized carbons (Fsp3) is 0.412. The lowest BCUT2D eigenvalue weighted by atomic mass is 10.2. The summed E-state index contributed by atoms with van der Waals surface area (Å²) in [5.74, 6) is 0.687. The molecule has 1 aliphatic rings. The lowest BCUT2D eigenvalue weighted by molar-refractivity contribution is 0.0950. The van der Waals surface area contributed by atoms with Crippen molar-refractivity contribution >= 4 is 5.91 Å². The number of amides is 1. The Morgan fingerprint density at radius 1 is 1.39 bits per heavy atom. The van der Waals surface area contributed by atoms with E-state index in [0.717, 1.165) is 24.3 Å². The van der Waals surface area contributed by atoms with Gasteiger partial charge in [-0.15, -0.1) is 0 Å². The van der Waals surface area contributed by atoms with Gasteiger partial charge in [0, 0.05) is 29.8 Å². The van der Waals surface area contributed by atoms with Gasteiger partial charge in [-0.25, -0.2) is 0 Å². The maximum absolute atomic E-state index is 12.1. The third kappa shape index (κ3) is 3.71. The Kier molecular flexibility index (Phi) is 4.92. The third-order valence-corrected chi connectivity index (χ3v) is 3.81. The normalized spacial score (nSPS) is 13.4. The summed E-state index contributed by atoms with van der Waals surface area (Å²) in [5.41, 5.74) is 2.99. The number of carbonyl (C=O) groups excluding carboxylic acids is 1. The lowest BCUT2D eigenvalue weighted by Gasteiger charge is -2.14. The summed E-state index contributed by atoms with van der Waals surface area (Å²) in [4.78, 5) is 12.1. The van der Waals surface area contributed by atoms with Crippen molar-refractivity contribution in [3.63, 3.8) is 0 Å². The van der Waals surface area contributed by atoms with Crippen LogP contribution in [0.1, 0.15) is 28.5 Å². The molecule has 1 N–H and O–H groups in total. The highest BCUT2D eigenvalue weighted by Gasteiger charge is 2.15. The van der Waals surface area contributed by atoms with Gasteiger partial charge in [0.25, 0.3) is 5.91 Å². The van der Waals surface area contributed by atoms with Crippen LogP contribution in [0.25, 0.3) is 0 Å². The van der Waals surface area contributed by atoms with Gasteiger partial charge in [-0.3, -0.25) is 9.48 Å². The molecule has 0 bridgehead atoms. The highest BCUT2D eigenvalue weighted by atomic mass is 16.5. The molecule has 1 aliphatic heterocycles. The van der Waals surface area contributed by atoms with Crippen LogP contribution in [0.5, 0.6) is 5.75 Å². The first-order chi connectivity index (χ1) is 11.3. The minimum atomic E-state index is -0.0857. The number of rotatable bonds is 6. The molecule has 6 nitrogen and oxygen atoms in total. The zero-order valence-corrected chi connectivity index (χ0v) is 13.2. The summed E-state index contributed by atoms with van der Waals surface area (Å²) in [6.07, 6.45) is 2.73. The number of aromatic nitrogens is 2. The first-order valence-corrected chi connectivity index (χ1v) is 7.90. The Bertz CT molecular complexity index is 664. The quantitative estimate of drug-likeness (QED) is 0.882. The first kappa shape index (κ1) is 15.6. The van der Waals surface area contributed by atoms with Crippen molar-refractivity contribution in [3.8, 4) is 5.75 Å². The molecule has 0 atom stereocenters. The minimum absolute atomic E-state index is 0.0857. The summed E-state index contributed by atoms with van der Waals surface area (Å²) in [6, 6.07) is 7.16. The van der Waals surface area contributed by atoms with Crippen molar-refractivity contribution in [1.29, 1.82) is 0 Å². The number of nitrogens with one attached hydrogen (secondary N) is 1. The molecule has 0 spiro atoms. The predicted octanol–water partition coefficient (Wildman–Crippen LogP) is 1.78. The maximum atomic E-state index is 12.1. The van der Waals surface area contributed by atoms with Crippen molar-refractivity contribution in [3.05, 3.63) is 47.3 Å². The second-order valence-electron chi connectivity index (χ2n) is 5.36. The second-order valence-corrected chi connectivity index (χ2v) is 5.36. The number of nitrogens with zero attached hydrogens (tertiary/aromatic N) is 2. The van der Waals surface area contributed by atoms with E-state index in [4.69, 9.17) is 9.47 Å².